The molecule has 0 spiro atoms. The van der Waals surface area contributed by atoms with Gasteiger partial charge in [0.1, 0.15) is 5.54 Å². The Labute approximate surface area is 67.8 Å². The number of hydrogen-bond acceptors (Lipinski definition) is 2. The van der Waals surface area contributed by atoms with Crippen molar-refractivity contribution in [1.29, 1.82) is 5.26 Å². The van der Waals surface area contributed by atoms with Crippen LogP contribution in [0.4, 0.5) is 0 Å². The first-order valence-electron chi connectivity index (χ1n) is 3.47. The van der Waals surface area contributed by atoms with E-state index in [0.717, 1.165) is 25.7 Å². The van der Waals surface area contributed by atoms with Gasteiger partial charge in [-0.05, 0) is 12.8 Å². The molecular weight excluding hydrogens is 148 g/mol. The Morgan fingerprint density at radius 2 is 1.70 bits per heavy atom. The van der Waals surface area contributed by atoms with Crippen LogP contribution in [-0.2, 0) is 0 Å². The Morgan fingerprint density at radius 1 is 1.20 bits per heavy atom. The predicted octanol–water partition coefficient (Wildman–Crippen LogP) is -1.82. The number of nitrogens with two attached hydrogens (primary N) is 1. The summed E-state index contributed by atoms with van der Waals surface area (Å²) < 4.78 is 0. The first kappa shape index (κ1) is 9.74. The molecule has 1 saturated carbocycles. The lowest BCUT2D eigenvalue weighted by atomic mass is 9.84. The number of rotatable bonds is 0. The van der Waals surface area contributed by atoms with E-state index in [1.54, 1.807) is 0 Å². The number of halogens is 1. The molecule has 0 radical (unpaired) electrons. The maximum Gasteiger partial charge on any atom is 0.104 e. The van der Waals surface area contributed by atoms with E-state index in [-0.39, 0.29) is 12.4 Å². The fourth-order valence-corrected chi connectivity index (χ4v) is 1.29. The Morgan fingerprint density at radius 3 is 2.00 bits per heavy atom. The highest BCUT2D eigenvalue weighted by atomic mass is 35.5. The fraction of sp³-hybridized carbons (Fsp3) is 0.857. The molecule has 3 heteroatoms. The van der Waals surface area contributed by atoms with Crippen molar-refractivity contribution in [3.05, 3.63) is 0 Å². The van der Waals surface area contributed by atoms with Crippen LogP contribution >= 0.6 is 0 Å². The molecule has 0 bridgehead atoms. The third kappa shape index (κ3) is 2.17. The maximum atomic E-state index is 8.58. The zero-order valence-corrected chi connectivity index (χ0v) is 6.69. The minimum Gasteiger partial charge on any atom is -1.00 e. The van der Waals surface area contributed by atoms with Gasteiger partial charge >= 0.3 is 0 Å². The topological polar surface area (TPSA) is 49.8 Å². The van der Waals surface area contributed by atoms with Gasteiger partial charge in [-0.15, -0.1) is 0 Å². The van der Waals surface area contributed by atoms with Crippen LogP contribution in [0.1, 0.15) is 32.1 Å². The molecule has 1 aliphatic rings. The quantitative estimate of drug-likeness (QED) is 0.453. The molecule has 2 nitrogen and oxygen atoms in total. The highest BCUT2D eigenvalue weighted by molar-refractivity contribution is 5.05. The van der Waals surface area contributed by atoms with E-state index in [0.29, 0.717) is 0 Å². The van der Waals surface area contributed by atoms with Gasteiger partial charge in [0.2, 0.25) is 0 Å². The molecule has 1 rings (SSSR count). The first-order chi connectivity index (χ1) is 4.27. The third-order valence-corrected chi connectivity index (χ3v) is 1.97. The van der Waals surface area contributed by atoms with E-state index in [1.165, 1.54) is 6.42 Å². The minimum absolute atomic E-state index is 0. The summed E-state index contributed by atoms with van der Waals surface area (Å²) in [4.78, 5) is 0. The summed E-state index contributed by atoms with van der Waals surface area (Å²) in [6.07, 6.45) is 5.29. The molecule has 0 saturated heterocycles. The summed E-state index contributed by atoms with van der Waals surface area (Å²) in [5.41, 5.74) is 5.22. The van der Waals surface area contributed by atoms with Crippen LogP contribution in [0.15, 0.2) is 0 Å². The summed E-state index contributed by atoms with van der Waals surface area (Å²) in [6, 6.07) is 2.16. The van der Waals surface area contributed by atoms with Gasteiger partial charge in [0.05, 0.1) is 6.07 Å². The molecule has 1 fully saturated rings. The van der Waals surface area contributed by atoms with Crippen LogP contribution in [0, 0.1) is 11.3 Å². The van der Waals surface area contributed by atoms with Crippen molar-refractivity contribution in [3.63, 3.8) is 0 Å². The van der Waals surface area contributed by atoms with Crippen molar-refractivity contribution < 1.29 is 12.4 Å². The molecule has 1 aliphatic carbocycles. The Balaban J connectivity index is 0.000000810. The molecule has 0 aromatic carbocycles. The average Bonchev–Trinajstić information content (AvgIpc) is 1.90. The van der Waals surface area contributed by atoms with E-state index >= 15 is 0 Å². The second-order valence-corrected chi connectivity index (χ2v) is 2.83. The Kier molecular flexibility index (Phi) is 3.70. The summed E-state index contributed by atoms with van der Waals surface area (Å²) in [5.74, 6) is 0. The van der Waals surface area contributed by atoms with E-state index in [4.69, 9.17) is 11.0 Å². The summed E-state index contributed by atoms with van der Waals surface area (Å²) in [5, 5.41) is 8.58. The number of hydrogen-bond donors (Lipinski definition) is 1. The van der Waals surface area contributed by atoms with Gasteiger partial charge in [-0.2, -0.15) is 5.26 Å². The van der Waals surface area contributed by atoms with Crippen molar-refractivity contribution >= 4 is 0 Å². The lowest BCUT2D eigenvalue weighted by Gasteiger charge is -2.25. The average molecular weight is 160 g/mol. The normalized spacial score (nSPS) is 22.4. The van der Waals surface area contributed by atoms with Gasteiger partial charge < -0.3 is 18.1 Å². The van der Waals surface area contributed by atoms with Crippen molar-refractivity contribution in [2.75, 3.05) is 0 Å². The molecule has 58 valence electrons. The van der Waals surface area contributed by atoms with Crippen LogP contribution in [0.25, 0.3) is 0 Å². The van der Waals surface area contributed by atoms with E-state index in [2.05, 4.69) is 6.07 Å². The standard InChI is InChI=1S/C7H12N2.ClH/c8-6-7(9)4-2-1-3-5-7;/h1-5,9H2;1H/p-1. The molecule has 0 aromatic rings. The summed E-state index contributed by atoms with van der Waals surface area (Å²) in [6.45, 7) is 0. The zero-order valence-electron chi connectivity index (χ0n) is 5.94. The van der Waals surface area contributed by atoms with Gasteiger partial charge in [0.25, 0.3) is 0 Å². The second-order valence-electron chi connectivity index (χ2n) is 2.83. The fourth-order valence-electron chi connectivity index (χ4n) is 1.29. The molecule has 2 N–H and O–H groups in total. The van der Waals surface area contributed by atoms with Crippen LogP contribution in [0.5, 0.6) is 0 Å². The van der Waals surface area contributed by atoms with Gasteiger partial charge in [-0.25, -0.2) is 0 Å². The van der Waals surface area contributed by atoms with Gasteiger partial charge in [-0.3, -0.25) is 0 Å². The van der Waals surface area contributed by atoms with Crippen molar-refractivity contribution in [3.8, 4) is 6.07 Å². The monoisotopic (exact) mass is 159 g/mol. The molecule has 0 heterocycles. The summed E-state index contributed by atoms with van der Waals surface area (Å²) in [7, 11) is 0. The van der Waals surface area contributed by atoms with E-state index in [1.807, 2.05) is 0 Å². The first-order valence-corrected chi connectivity index (χ1v) is 3.47. The van der Waals surface area contributed by atoms with Gasteiger partial charge in [0, 0.05) is 0 Å². The van der Waals surface area contributed by atoms with Crippen LogP contribution in [0.2, 0.25) is 0 Å². The van der Waals surface area contributed by atoms with Crippen LogP contribution < -0.4 is 18.1 Å². The van der Waals surface area contributed by atoms with Crippen molar-refractivity contribution in [2.24, 2.45) is 5.73 Å². The summed E-state index contributed by atoms with van der Waals surface area (Å²) >= 11 is 0. The van der Waals surface area contributed by atoms with Crippen LogP contribution in [0.3, 0.4) is 0 Å². The Hall–Kier alpha value is -0.260. The van der Waals surface area contributed by atoms with Crippen molar-refractivity contribution in [2.45, 2.75) is 37.6 Å². The molecule has 0 amide bonds. The molecule has 0 aromatic heterocycles. The second kappa shape index (κ2) is 3.80. The molecule has 0 unspecified atom stereocenters. The lowest BCUT2D eigenvalue weighted by molar-refractivity contribution is -0.00000249. The number of nitrogens with zero attached hydrogens (tertiary/aromatic N) is 1. The molecule has 10 heavy (non-hydrogen) atoms. The lowest BCUT2D eigenvalue weighted by Crippen LogP contribution is -3.00. The highest BCUT2D eigenvalue weighted by Crippen LogP contribution is 2.24. The Bertz CT molecular complexity index is 133. The third-order valence-electron chi connectivity index (χ3n) is 1.97. The largest absolute Gasteiger partial charge is 1.00 e. The highest BCUT2D eigenvalue weighted by Gasteiger charge is 2.26. The maximum absolute atomic E-state index is 8.58. The van der Waals surface area contributed by atoms with Crippen molar-refractivity contribution in [1.82, 2.24) is 0 Å². The predicted molar refractivity (Wildman–Crippen MR) is 35.6 cm³/mol. The van der Waals surface area contributed by atoms with Gasteiger partial charge in [0.15, 0.2) is 0 Å². The van der Waals surface area contributed by atoms with Gasteiger partial charge in [-0.1, -0.05) is 19.3 Å². The SMILES string of the molecule is N#CC1(N)CCCCC1.[Cl-]. The minimum atomic E-state index is -0.474. The smallest absolute Gasteiger partial charge is 0.104 e. The van der Waals surface area contributed by atoms with Crippen LogP contribution in [-0.4, -0.2) is 5.54 Å². The molecule has 0 atom stereocenters. The molecule has 0 aliphatic heterocycles. The number of nitriles is 1. The molecular formula is C7H12ClN2-. The van der Waals surface area contributed by atoms with E-state index in [9.17, 15) is 0 Å². The van der Waals surface area contributed by atoms with E-state index < -0.39 is 5.54 Å². The zero-order chi connectivity index (χ0) is 6.74.